The van der Waals surface area contributed by atoms with Crippen LogP contribution in [0.25, 0.3) is 10.2 Å². The van der Waals surface area contributed by atoms with E-state index in [9.17, 15) is 9.59 Å². The first-order valence-corrected chi connectivity index (χ1v) is 11.3. The Bertz CT molecular complexity index is 1250. The Kier molecular flexibility index (Phi) is 6.97. The van der Waals surface area contributed by atoms with E-state index in [0.717, 1.165) is 18.6 Å². The van der Waals surface area contributed by atoms with Crippen molar-refractivity contribution in [3.8, 4) is 5.75 Å². The highest BCUT2D eigenvalue weighted by Gasteiger charge is 2.20. The van der Waals surface area contributed by atoms with Gasteiger partial charge >= 0.3 is 5.97 Å². The molecule has 2 heterocycles. The molecule has 0 bridgehead atoms. The van der Waals surface area contributed by atoms with Crippen molar-refractivity contribution in [3.63, 3.8) is 0 Å². The topological polar surface area (TPSA) is 70.4 Å². The van der Waals surface area contributed by atoms with Crippen molar-refractivity contribution in [1.29, 1.82) is 0 Å². The second-order valence-corrected chi connectivity index (χ2v) is 8.37. The first kappa shape index (κ1) is 21.8. The van der Waals surface area contributed by atoms with Crippen LogP contribution in [-0.4, -0.2) is 28.7 Å². The fraction of sp³-hybridized carbons (Fsp3) is 0.240. The molecule has 0 spiro atoms. The number of fused-ring (bicyclic) bond motifs is 1. The van der Waals surface area contributed by atoms with Crippen molar-refractivity contribution >= 4 is 27.5 Å². The molecule has 0 N–H and O–H groups in total. The number of hydrogen-bond acceptors (Lipinski definition) is 6. The average molecular weight is 449 g/mol. The van der Waals surface area contributed by atoms with Gasteiger partial charge in [-0.05, 0) is 43.0 Å². The summed E-state index contributed by atoms with van der Waals surface area (Å²) in [6.07, 6.45) is 3.28. The molecule has 0 atom stereocenters. The molecule has 0 aliphatic rings. The normalized spacial score (nSPS) is 10.9. The van der Waals surface area contributed by atoms with E-state index in [0.29, 0.717) is 27.2 Å². The number of hydrogen-bond donors (Lipinski definition) is 0. The first-order valence-electron chi connectivity index (χ1n) is 10.5. The zero-order chi connectivity index (χ0) is 22.3. The van der Waals surface area contributed by atoms with Crippen LogP contribution in [0.5, 0.6) is 5.75 Å². The number of carbonyl (C=O) groups excluding carboxylic acids is 1. The summed E-state index contributed by atoms with van der Waals surface area (Å²) in [5.41, 5.74) is 1.74. The van der Waals surface area contributed by atoms with E-state index in [1.54, 1.807) is 17.8 Å². The lowest BCUT2D eigenvalue weighted by Crippen LogP contribution is -2.21. The third-order valence-corrected chi connectivity index (χ3v) is 6.32. The zero-order valence-corrected chi connectivity index (χ0v) is 18.6. The predicted octanol–water partition coefficient (Wildman–Crippen LogP) is 4.64. The molecule has 164 valence electrons. The van der Waals surface area contributed by atoms with Crippen LogP contribution in [0.4, 0.5) is 0 Å². The maximum atomic E-state index is 13.0. The average Bonchev–Trinajstić information content (AvgIpc) is 3.16. The molecule has 0 saturated carbocycles. The molecule has 0 fully saturated rings. The van der Waals surface area contributed by atoms with Gasteiger partial charge in [0.15, 0.2) is 0 Å². The first-order chi connectivity index (χ1) is 15.6. The van der Waals surface area contributed by atoms with Crippen LogP contribution >= 0.6 is 11.3 Å². The Morgan fingerprint density at radius 2 is 1.75 bits per heavy atom. The van der Waals surface area contributed by atoms with Crippen LogP contribution in [0.1, 0.15) is 27.2 Å². The van der Waals surface area contributed by atoms with Gasteiger partial charge in [-0.2, -0.15) is 0 Å². The van der Waals surface area contributed by atoms with E-state index in [-0.39, 0.29) is 18.8 Å². The van der Waals surface area contributed by atoms with Crippen LogP contribution in [0.15, 0.2) is 71.8 Å². The molecule has 6 nitrogen and oxygen atoms in total. The minimum absolute atomic E-state index is 0.122. The van der Waals surface area contributed by atoms with E-state index >= 15 is 0 Å². The summed E-state index contributed by atoms with van der Waals surface area (Å²) >= 11 is 1.19. The SMILES string of the molecule is Cc1c(C(=O)OCCOc2ccccc2)sc2ncn(CCCc3ccccc3)c(=O)c12. The van der Waals surface area contributed by atoms with Crippen LogP contribution in [0.3, 0.4) is 0 Å². The van der Waals surface area contributed by atoms with Crippen molar-refractivity contribution in [3.05, 3.63) is 93.3 Å². The van der Waals surface area contributed by atoms with Gasteiger partial charge in [0.25, 0.3) is 5.56 Å². The molecule has 32 heavy (non-hydrogen) atoms. The van der Waals surface area contributed by atoms with Gasteiger partial charge in [-0.15, -0.1) is 11.3 Å². The number of rotatable bonds is 9. The molecular formula is C25H24N2O4S. The van der Waals surface area contributed by atoms with Gasteiger partial charge in [0.1, 0.15) is 28.7 Å². The molecule has 0 saturated heterocycles. The number of para-hydroxylation sites is 1. The van der Waals surface area contributed by atoms with Gasteiger partial charge in [-0.25, -0.2) is 9.78 Å². The Hall–Kier alpha value is -3.45. The summed E-state index contributed by atoms with van der Waals surface area (Å²) in [6.45, 7) is 2.72. The predicted molar refractivity (Wildman–Crippen MR) is 126 cm³/mol. The van der Waals surface area contributed by atoms with Gasteiger partial charge in [0.05, 0.1) is 11.7 Å². The lowest BCUT2D eigenvalue weighted by Gasteiger charge is -2.07. The lowest BCUT2D eigenvalue weighted by molar-refractivity contribution is 0.0455. The molecule has 4 aromatic rings. The van der Waals surface area contributed by atoms with Crippen molar-refractivity contribution < 1.29 is 14.3 Å². The fourth-order valence-corrected chi connectivity index (χ4v) is 4.52. The highest BCUT2D eigenvalue weighted by molar-refractivity contribution is 7.20. The van der Waals surface area contributed by atoms with Gasteiger partial charge in [-0.1, -0.05) is 48.5 Å². The molecule has 0 amide bonds. The number of nitrogens with zero attached hydrogens (tertiary/aromatic N) is 2. The zero-order valence-electron chi connectivity index (χ0n) is 17.8. The highest BCUT2D eigenvalue weighted by Crippen LogP contribution is 2.27. The number of esters is 1. The summed E-state index contributed by atoms with van der Waals surface area (Å²) in [4.78, 5) is 31.0. The Morgan fingerprint density at radius 1 is 1.03 bits per heavy atom. The smallest absolute Gasteiger partial charge is 0.348 e. The molecule has 0 aliphatic heterocycles. The van der Waals surface area contributed by atoms with Crippen molar-refractivity contribution in [2.24, 2.45) is 0 Å². The van der Waals surface area contributed by atoms with Crippen molar-refractivity contribution in [2.45, 2.75) is 26.3 Å². The standard InChI is InChI=1S/C25H24N2O4S/c1-18-21-23(26-17-27(24(21)28)14-8-11-19-9-4-2-5-10-19)32-22(18)25(29)31-16-15-30-20-12-6-3-7-13-20/h2-7,9-10,12-13,17H,8,11,14-16H2,1H3. The summed E-state index contributed by atoms with van der Waals surface area (Å²) in [6, 6.07) is 19.5. The van der Waals surface area contributed by atoms with Gasteiger partial charge in [-0.3, -0.25) is 9.36 Å². The Morgan fingerprint density at radius 3 is 2.50 bits per heavy atom. The van der Waals surface area contributed by atoms with Crippen LogP contribution < -0.4 is 10.3 Å². The number of aromatic nitrogens is 2. The third kappa shape index (κ3) is 5.06. The van der Waals surface area contributed by atoms with E-state index in [1.165, 1.54) is 16.9 Å². The molecule has 2 aromatic carbocycles. The Labute approximate surface area is 190 Å². The minimum Gasteiger partial charge on any atom is -0.490 e. The lowest BCUT2D eigenvalue weighted by atomic mass is 10.1. The number of benzene rings is 2. The fourth-order valence-electron chi connectivity index (χ4n) is 3.49. The van der Waals surface area contributed by atoms with Crippen molar-refractivity contribution in [1.82, 2.24) is 9.55 Å². The molecule has 0 unspecified atom stereocenters. The quantitative estimate of drug-likeness (QED) is 0.276. The number of ether oxygens (including phenoxy) is 2. The molecule has 2 aromatic heterocycles. The monoisotopic (exact) mass is 448 g/mol. The number of thiophene rings is 1. The second-order valence-electron chi connectivity index (χ2n) is 7.37. The molecule has 7 heteroatoms. The van der Waals surface area contributed by atoms with Gasteiger partial charge < -0.3 is 9.47 Å². The van der Waals surface area contributed by atoms with Gasteiger partial charge in [0, 0.05) is 6.54 Å². The largest absolute Gasteiger partial charge is 0.490 e. The second kappa shape index (κ2) is 10.2. The maximum Gasteiger partial charge on any atom is 0.348 e. The van der Waals surface area contributed by atoms with E-state index in [2.05, 4.69) is 17.1 Å². The summed E-state index contributed by atoms with van der Waals surface area (Å²) < 4.78 is 12.5. The molecule has 0 radical (unpaired) electrons. The van der Waals surface area contributed by atoms with Crippen LogP contribution in [-0.2, 0) is 17.7 Å². The number of carbonyl (C=O) groups is 1. The molecular weight excluding hydrogens is 424 g/mol. The van der Waals surface area contributed by atoms with Crippen LogP contribution in [0.2, 0.25) is 0 Å². The number of aryl methyl sites for hydroxylation is 3. The summed E-state index contributed by atoms with van der Waals surface area (Å²) in [7, 11) is 0. The third-order valence-electron chi connectivity index (χ3n) is 5.14. The van der Waals surface area contributed by atoms with E-state index in [1.807, 2.05) is 48.5 Å². The minimum atomic E-state index is -0.461. The van der Waals surface area contributed by atoms with E-state index < -0.39 is 5.97 Å². The van der Waals surface area contributed by atoms with E-state index in [4.69, 9.17) is 9.47 Å². The summed E-state index contributed by atoms with van der Waals surface area (Å²) in [5, 5.41) is 0.490. The van der Waals surface area contributed by atoms with Crippen molar-refractivity contribution in [2.75, 3.05) is 13.2 Å². The highest BCUT2D eigenvalue weighted by atomic mass is 32.1. The van der Waals surface area contributed by atoms with Crippen LogP contribution in [0, 0.1) is 6.92 Å². The summed E-state index contributed by atoms with van der Waals surface area (Å²) in [5.74, 6) is 0.260. The molecule has 4 rings (SSSR count). The van der Waals surface area contributed by atoms with Gasteiger partial charge in [0.2, 0.25) is 0 Å². The maximum absolute atomic E-state index is 13.0. The molecule has 0 aliphatic carbocycles. The Balaban J connectivity index is 1.39.